The predicted octanol–water partition coefficient (Wildman–Crippen LogP) is 1.49. The molecule has 2 N–H and O–H groups in total. The average Bonchev–Trinajstić information content (AvgIpc) is 2.38. The SMILES string of the molecule is NC(=S)CN1CCN(C(=O)c2cccc(Br)c2)CC1. The summed E-state index contributed by atoms with van der Waals surface area (Å²) in [4.78, 5) is 16.9. The summed E-state index contributed by atoms with van der Waals surface area (Å²) in [6.45, 7) is 3.70. The lowest BCUT2D eigenvalue weighted by Gasteiger charge is -2.34. The van der Waals surface area contributed by atoms with Crippen LogP contribution in [0.3, 0.4) is 0 Å². The molecule has 1 fully saturated rings. The number of nitrogens with zero attached hydrogens (tertiary/aromatic N) is 2. The Morgan fingerprint density at radius 3 is 2.58 bits per heavy atom. The van der Waals surface area contributed by atoms with Crippen molar-refractivity contribution >= 4 is 39.0 Å². The zero-order valence-electron chi connectivity index (χ0n) is 10.5. The summed E-state index contributed by atoms with van der Waals surface area (Å²) in [6, 6.07) is 7.48. The molecule has 0 bridgehead atoms. The van der Waals surface area contributed by atoms with Gasteiger partial charge in [0.2, 0.25) is 0 Å². The van der Waals surface area contributed by atoms with Crippen LogP contribution in [0, 0.1) is 0 Å². The number of benzene rings is 1. The van der Waals surface area contributed by atoms with Crippen LogP contribution in [-0.4, -0.2) is 53.4 Å². The van der Waals surface area contributed by atoms with Crippen molar-refractivity contribution in [2.75, 3.05) is 32.7 Å². The lowest BCUT2D eigenvalue weighted by molar-refractivity contribution is 0.0654. The summed E-state index contributed by atoms with van der Waals surface area (Å²) in [5.41, 5.74) is 6.25. The van der Waals surface area contributed by atoms with Crippen molar-refractivity contribution in [2.45, 2.75) is 0 Å². The van der Waals surface area contributed by atoms with E-state index in [1.54, 1.807) is 0 Å². The summed E-state index contributed by atoms with van der Waals surface area (Å²) in [5, 5.41) is 0. The van der Waals surface area contributed by atoms with E-state index in [-0.39, 0.29) is 5.91 Å². The number of amides is 1. The molecule has 19 heavy (non-hydrogen) atoms. The van der Waals surface area contributed by atoms with Crippen molar-refractivity contribution < 1.29 is 4.79 Å². The molecule has 1 heterocycles. The fraction of sp³-hybridized carbons (Fsp3) is 0.385. The quantitative estimate of drug-likeness (QED) is 0.846. The molecule has 1 aromatic carbocycles. The van der Waals surface area contributed by atoms with Crippen LogP contribution in [-0.2, 0) is 0 Å². The van der Waals surface area contributed by atoms with Crippen LogP contribution in [0.5, 0.6) is 0 Å². The summed E-state index contributed by atoms with van der Waals surface area (Å²) in [7, 11) is 0. The van der Waals surface area contributed by atoms with Crippen molar-refractivity contribution in [1.29, 1.82) is 0 Å². The largest absolute Gasteiger partial charge is 0.392 e. The topological polar surface area (TPSA) is 49.6 Å². The van der Waals surface area contributed by atoms with Crippen LogP contribution in [0.2, 0.25) is 0 Å². The first-order chi connectivity index (χ1) is 9.06. The van der Waals surface area contributed by atoms with Gasteiger partial charge in [-0.05, 0) is 18.2 Å². The van der Waals surface area contributed by atoms with Crippen molar-refractivity contribution in [3.63, 3.8) is 0 Å². The molecule has 1 saturated heterocycles. The Bertz CT molecular complexity index is 487. The third kappa shape index (κ3) is 3.99. The molecule has 0 saturated carbocycles. The molecule has 2 rings (SSSR count). The van der Waals surface area contributed by atoms with Crippen molar-refractivity contribution in [3.05, 3.63) is 34.3 Å². The second-order valence-corrected chi connectivity index (χ2v) is 5.99. The third-order valence-corrected chi connectivity index (χ3v) is 3.73. The zero-order valence-corrected chi connectivity index (χ0v) is 12.9. The number of piperazine rings is 1. The van der Waals surface area contributed by atoms with Gasteiger partial charge in [-0.15, -0.1) is 0 Å². The van der Waals surface area contributed by atoms with E-state index < -0.39 is 0 Å². The molecule has 102 valence electrons. The van der Waals surface area contributed by atoms with Crippen LogP contribution in [0.1, 0.15) is 10.4 Å². The molecule has 0 aromatic heterocycles. The Morgan fingerprint density at radius 1 is 1.32 bits per heavy atom. The van der Waals surface area contributed by atoms with Crippen LogP contribution < -0.4 is 5.73 Å². The number of nitrogens with two attached hydrogens (primary N) is 1. The first kappa shape index (κ1) is 14.4. The Hall–Kier alpha value is -0.980. The molecular formula is C13H16BrN3OS. The van der Waals surface area contributed by atoms with E-state index in [0.717, 1.165) is 23.1 Å². The lowest BCUT2D eigenvalue weighted by atomic mass is 10.2. The lowest BCUT2D eigenvalue weighted by Crippen LogP contribution is -2.50. The normalized spacial score (nSPS) is 16.4. The highest BCUT2D eigenvalue weighted by Crippen LogP contribution is 2.14. The third-order valence-electron chi connectivity index (χ3n) is 3.11. The van der Waals surface area contributed by atoms with E-state index >= 15 is 0 Å². The average molecular weight is 342 g/mol. The fourth-order valence-corrected chi connectivity index (χ4v) is 2.72. The second-order valence-electron chi connectivity index (χ2n) is 4.55. The van der Waals surface area contributed by atoms with E-state index in [2.05, 4.69) is 20.8 Å². The van der Waals surface area contributed by atoms with Gasteiger partial charge < -0.3 is 10.6 Å². The number of hydrogen-bond acceptors (Lipinski definition) is 3. The van der Waals surface area contributed by atoms with Gasteiger partial charge in [0.05, 0.1) is 4.99 Å². The first-order valence-corrected chi connectivity index (χ1v) is 7.32. The first-order valence-electron chi connectivity index (χ1n) is 6.12. The number of hydrogen-bond donors (Lipinski definition) is 1. The van der Waals surface area contributed by atoms with Gasteiger partial charge in [0, 0.05) is 42.8 Å². The number of carbonyl (C=O) groups excluding carboxylic acids is 1. The molecule has 0 radical (unpaired) electrons. The van der Waals surface area contributed by atoms with Crippen LogP contribution in [0.25, 0.3) is 0 Å². The second kappa shape index (κ2) is 6.45. The van der Waals surface area contributed by atoms with E-state index in [0.29, 0.717) is 24.6 Å². The minimum absolute atomic E-state index is 0.0799. The monoisotopic (exact) mass is 341 g/mol. The Kier molecular flexibility index (Phi) is 4.90. The van der Waals surface area contributed by atoms with Crippen LogP contribution in [0.4, 0.5) is 0 Å². The Morgan fingerprint density at radius 2 is 2.00 bits per heavy atom. The molecule has 0 atom stereocenters. The molecule has 1 amide bonds. The minimum atomic E-state index is 0.0799. The fourth-order valence-electron chi connectivity index (χ4n) is 2.13. The zero-order chi connectivity index (χ0) is 13.8. The molecule has 4 nitrogen and oxygen atoms in total. The molecule has 0 aliphatic carbocycles. The van der Waals surface area contributed by atoms with Crippen LogP contribution >= 0.6 is 28.1 Å². The van der Waals surface area contributed by atoms with Gasteiger partial charge in [0.15, 0.2) is 0 Å². The maximum atomic E-state index is 12.3. The smallest absolute Gasteiger partial charge is 0.253 e. The van der Waals surface area contributed by atoms with Gasteiger partial charge >= 0.3 is 0 Å². The van der Waals surface area contributed by atoms with E-state index in [4.69, 9.17) is 18.0 Å². The van der Waals surface area contributed by atoms with Crippen molar-refractivity contribution in [3.8, 4) is 0 Å². The van der Waals surface area contributed by atoms with Gasteiger partial charge in [0.25, 0.3) is 5.91 Å². The predicted molar refractivity (Wildman–Crippen MR) is 83.3 cm³/mol. The molecule has 1 aliphatic heterocycles. The van der Waals surface area contributed by atoms with Gasteiger partial charge in [-0.1, -0.05) is 34.2 Å². The molecule has 0 spiro atoms. The van der Waals surface area contributed by atoms with Gasteiger partial charge in [-0.3, -0.25) is 9.69 Å². The molecular weight excluding hydrogens is 326 g/mol. The van der Waals surface area contributed by atoms with Gasteiger partial charge in [0.1, 0.15) is 0 Å². The summed E-state index contributed by atoms with van der Waals surface area (Å²) in [5.74, 6) is 0.0799. The van der Waals surface area contributed by atoms with Gasteiger partial charge in [-0.25, -0.2) is 0 Å². The number of rotatable bonds is 3. The highest BCUT2D eigenvalue weighted by atomic mass is 79.9. The summed E-state index contributed by atoms with van der Waals surface area (Å²) >= 11 is 8.28. The maximum Gasteiger partial charge on any atom is 0.253 e. The molecule has 1 aromatic rings. The molecule has 6 heteroatoms. The number of carbonyl (C=O) groups is 1. The molecule has 0 unspecified atom stereocenters. The molecule has 1 aliphatic rings. The van der Waals surface area contributed by atoms with Gasteiger partial charge in [-0.2, -0.15) is 0 Å². The summed E-state index contributed by atoms with van der Waals surface area (Å²) < 4.78 is 0.922. The standard InChI is InChI=1S/C13H16BrN3OS/c14-11-3-1-2-10(8-11)13(18)17-6-4-16(5-7-17)9-12(15)19/h1-3,8H,4-7,9H2,(H2,15,19). The number of thiocarbonyl (C=S) groups is 1. The van der Waals surface area contributed by atoms with Crippen molar-refractivity contribution in [2.24, 2.45) is 5.73 Å². The maximum absolute atomic E-state index is 12.3. The van der Waals surface area contributed by atoms with E-state index in [1.807, 2.05) is 29.2 Å². The Balaban J connectivity index is 1.94. The highest BCUT2D eigenvalue weighted by molar-refractivity contribution is 9.10. The number of halogens is 1. The summed E-state index contributed by atoms with van der Waals surface area (Å²) in [6.07, 6.45) is 0. The highest BCUT2D eigenvalue weighted by Gasteiger charge is 2.22. The van der Waals surface area contributed by atoms with E-state index in [9.17, 15) is 4.79 Å². The van der Waals surface area contributed by atoms with E-state index in [1.165, 1.54) is 0 Å². The van der Waals surface area contributed by atoms with Crippen molar-refractivity contribution in [1.82, 2.24) is 9.80 Å². The minimum Gasteiger partial charge on any atom is -0.392 e. The van der Waals surface area contributed by atoms with Crippen LogP contribution in [0.15, 0.2) is 28.7 Å². The Labute approximate surface area is 126 Å².